The molecule has 2 N–H and O–H groups in total. The topological polar surface area (TPSA) is 58.6 Å². The molecule has 0 aliphatic carbocycles. The molecule has 32 heavy (non-hydrogen) atoms. The second-order valence-corrected chi connectivity index (χ2v) is 8.49. The Bertz CT molecular complexity index is 970. The van der Waals surface area contributed by atoms with Gasteiger partial charge in [0.2, 0.25) is 0 Å². The van der Waals surface area contributed by atoms with E-state index >= 15 is 0 Å². The highest BCUT2D eigenvalue weighted by atomic mass is 16.5. The van der Waals surface area contributed by atoms with Crippen molar-refractivity contribution in [1.29, 1.82) is 0 Å². The minimum absolute atomic E-state index is 0.0568. The van der Waals surface area contributed by atoms with Crippen LogP contribution in [0.4, 0.5) is 0 Å². The second-order valence-electron chi connectivity index (χ2n) is 8.49. The molecule has 0 radical (unpaired) electrons. The van der Waals surface area contributed by atoms with Crippen LogP contribution in [0.5, 0.6) is 5.75 Å². The maximum atomic E-state index is 13.4. The first-order valence-electron chi connectivity index (χ1n) is 11.3. The number of para-hydroxylation sites is 1. The summed E-state index contributed by atoms with van der Waals surface area (Å²) in [6.07, 6.45) is 2.13. The molecule has 1 atom stereocenters. The molecule has 0 aliphatic heterocycles. The number of aryl methyl sites for hydroxylation is 1. The van der Waals surface area contributed by atoms with E-state index in [1.807, 2.05) is 66.7 Å². The van der Waals surface area contributed by atoms with Gasteiger partial charge in [-0.25, -0.2) is 0 Å². The highest BCUT2D eigenvalue weighted by molar-refractivity contribution is 5.96. The Morgan fingerprint density at radius 1 is 0.969 bits per heavy atom. The summed E-state index contributed by atoms with van der Waals surface area (Å²) in [6.45, 7) is 4.81. The van der Waals surface area contributed by atoms with Crippen molar-refractivity contribution in [3.63, 3.8) is 0 Å². The van der Waals surface area contributed by atoms with Gasteiger partial charge in [0.15, 0.2) is 0 Å². The quantitative estimate of drug-likeness (QED) is 0.409. The van der Waals surface area contributed by atoms with Crippen molar-refractivity contribution in [3.8, 4) is 5.75 Å². The molecule has 3 rings (SSSR count). The van der Waals surface area contributed by atoms with Crippen LogP contribution in [0, 0.1) is 5.92 Å². The van der Waals surface area contributed by atoms with Gasteiger partial charge >= 0.3 is 0 Å². The van der Waals surface area contributed by atoms with Gasteiger partial charge in [-0.2, -0.15) is 0 Å². The fraction of sp³-hybridized carbons (Fsp3) is 0.321. The number of amides is 1. The van der Waals surface area contributed by atoms with E-state index in [-0.39, 0.29) is 18.6 Å². The lowest BCUT2D eigenvalue weighted by Crippen LogP contribution is -2.30. The summed E-state index contributed by atoms with van der Waals surface area (Å²) in [6, 6.07) is 25.6. The Morgan fingerprint density at radius 3 is 2.31 bits per heavy atom. The zero-order valence-electron chi connectivity index (χ0n) is 19.0. The molecule has 1 amide bonds. The average molecular weight is 432 g/mol. The molecule has 0 aliphatic rings. The summed E-state index contributed by atoms with van der Waals surface area (Å²) in [5.74, 6) is 1.15. The Hall–Kier alpha value is -3.11. The number of aliphatic hydroxyl groups is 1. The maximum Gasteiger partial charge on any atom is 0.252 e. The molecular formula is C28H33NO3. The van der Waals surface area contributed by atoms with Crippen molar-refractivity contribution >= 4 is 5.91 Å². The first kappa shape index (κ1) is 23.6. The molecule has 3 aromatic carbocycles. The predicted molar refractivity (Wildman–Crippen MR) is 129 cm³/mol. The third-order valence-electron chi connectivity index (χ3n) is 5.39. The fourth-order valence-electron chi connectivity index (χ4n) is 3.77. The van der Waals surface area contributed by atoms with Crippen LogP contribution in [-0.4, -0.2) is 17.6 Å². The highest BCUT2D eigenvalue weighted by Crippen LogP contribution is 2.23. The summed E-state index contributed by atoms with van der Waals surface area (Å²) in [4.78, 5) is 13.4. The molecule has 4 nitrogen and oxygen atoms in total. The molecule has 0 saturated carbocycles. The van der Waals surface area contributed by atoms with Crippen molar-refractivity contribution in [1.82, 2.24) is 5.32 Å². The number of carbonyl (C=O) groups is 1. The van der Waals surface area contributed by atoms with Gasteiger partial charge < -0.3 is 15.2 Å². The predicted octanol–water partition coefficient (Wildman–Crippen LogP) is 5.71. The van der Waals surface area contributed by atoms with E-state index in [4.69, 9.17) is 4.74 Å². The third-order valence-corrected chi connectivity index (χ3v) is 5.39. The molecule has 4 heteroatoms. The smallest absolute Gasteiger partial charge is 0.252 e. The molecule has 0 saturated heterocycles. The second kappa shape index (κ2) is 12.1. The van der Waals surface area contributed by atoms with Crippen molar-refractivity contribution in [2.45, 2.75) is 45.8 Å². The first-order valence-corrected chi connectivity index (χ1v) is 11.3. The summed E-state index contributed by atoms with van der Waals surface area (Å²) >= 11 is 0. The van der Waals surface area contributed by atoms with Crippen molar-refractivity contribution < 1.29 is 14.6 Å². The van der Waals surface area contributed by atoms with Gasteiger partial charge in [0.05, 0.1) is 6.04 Å². The third kappa shape index (κ3) is 6.96. The number of benzene rings is 3. The minimum atomic E-state index is -0.0889. The fourth-order valence-corrected chi connectivity index (χ4v) is 3.77. The lowest BCUT2D eigenvalue weighted by Gasteiger charge is -2.22. The van der Waals surface area contributed by atoms with Crippen LogP contribution >= 0.6 is 0 Å². The van der Waals surface area contributed by atoms with E-state index in [2.05, 4.69) is 31.3 Å². The number of ether oxygens (including phenoxy) is 1. The first-order chi connectivity index (χ1) is 15.6. The van der Waals surface area contributed by atoms with Crippen LogP contribution in [0.1, 0.15) is 59.8 Å². The molecule has 0 bridgehead atoms. The van der Waals surface area contributed by atoms with Gasteiger partial charge in [0.25, 0.3) is 5.91 Å². The maximum absolute atomic E-state index is 13.4. The molecule has 0 aromatic heterocycles. The Kier molecular flexibility index (Phi) is 8.88. The van der Waals surface area contributed by atoms with E-state index < -0.39 is 0 Å². The molecule has 0 heterocycles. The van der Waals surface area contributed by atoms with Crippen molar-refractivity contribution in [3.05, 3.63) is 101 Å². The summed E-state index contributed by atoms with van der Waals surface area (Å²) < 4.78 is 5.88. The normalized spacial score (nSPS) is 11.9. The standard InChI is InChI=1S/C28H33NO3/c1-21(2)18-27(24-10-5-3-6-11-24)29-28(31)26-19-22(15-16-23(26)12-9-17-30)20-32-25-13-7-4-8-14-25/h3-8,10-11,13-16,19,21,27,30H,9,12,17-18,20H2,1-2H3,(H,29,31). The highest BCUT2D eigenvalue weighted by Gasteiger charge is 2.19. The molecule has 1 unspecified atom stereocenters. The summed E-state index contributed by atoms with van der Waals surface area (Å²) in [7, 11) is 0. The van der Waals surface area contributed by atoms with Crippen molar-refractivity contribution in [2.75, 3.05) is 6.61 Å². The van der Waals surface area contributed by atoms with E-state index in [9.17, 15) is 9.90 Å². The summed E-state index contributed by atoms with van der Waals surface area (Å²) in [5, 5.41) is 12.6. The number of hydrogen-bond acceptors (Lipinski definition) is 3. The molecule has 3 aromatic rings. The SMILES string of the molecule is CC(C)CC(NC(=O)c1cc(COc2ccccc2)ccc1CCCO)c1ccccc1. The minimum Gasteiger partial charge on any atom is -0.489 e. The number of nitrogens with one attached hydrogen (secondary N) is 1. The molecular weight excluding hydrogens is 398 g/mol. The van der Waals surface area contributed by atoms with Crippen molar-refractivity contribution in [2.24, 2.45) is 5.92 Å². The lowest BCUT2D eigenvalue weighted by molar-refractivity contribution is 0.0930. The van der Waals surface area contributed by atoms with Crippen LogP contribution in [-0.2, 0) is 13.0 Å². The van der Waals surface area contributed by atoms with Crippen LogP contribution in [0.25, 0.3) is 0 Å². The number of carbonyl (C=O) groups excluding carboxylic acids is 1. The van der Waals surface area contributed by atoms with Gasteiger partial charge in [-0.3, -0.25) is 4.79 Å². The van der Waals surface area contributed by atoms with Crippen LogP contribution < -0.4 is 10.1 Å². The Labute approximate surface area is 191 Å². The van der Waals surface area contributed by atoms with Gasteiger partial charge in [0.1, 0.15) is 12.4 Å². The van der Waals surface area contributed by atoms with E-state index in [1.165, 1.54) is 0 Å². The van der Waals surface area contributed by atoms with Crippen LogP contribution in [0.3, 0.4) is 0 Å². The number of hydrogen-bond donors (Lipinski definition) is 2. The van der Waals surface area contributed by atoms with Crippen LogP contribution in [0.2, 0.25) is 0 Å². The number of rotatable bonds is 11. The lowest BCUT2D eigenvalue weighted by atomic mass is 9.95. The van der Waals surface area contributed by atoms with E-state index in [1.54, 1.807) is 0 Å². The summed E-state index contributed by atoms with van der Waals surface area (Å²) in [5.41, 5.74) is 3.63. The van der Waals surface area contributed by atoms with Gasteiger partial charge in [-0.1, -0.05) is 74.5 Å². The average Bonchev–Trinajstić information content (AvgIpc) is 2.82. The molecule has 0 fully saturated rings. The number of aliphatic hydroxyl groups excluding tert-OH is 1. The zero-order valence-corrected chi connectivity index (χ0v) is 19.0. The molecule has 168 valence electrons. The Balaban J connectivity index is 1.82. The van der Waals surface area contributed by atoms with Crippen LogP contribution in [0.15, 0.2) is 78.9 Å². The molecule has 0 spiro atoms. The zero-order chi connectivity index (χ0) is 22.8. The van der Waals surface area contributed by atoms with Gasteiger partial charge in [-0.05, 0) is 60.1 Å². The van der Waals surface area contributed by atoms with Gasteiger partial charge in [-0.15, -0.1) is 0 Å². The van der Waals surface area contributed by atoms with Gasteiger partial charge in [0, 0.05) is 12.2 Å². The van der Waals surface area contributed by atoms with E-state index in [0.717, 1.165) is 28.9 Å². The van der Waals surface area contributed by atoms with E-state index in [0.29, 0.717) is 30.9 Å². The largest absolute Gasteiger partial charge is 0.489 e. The Morgan fingerprint density at radius 2 is 1.66 bits per heavy atom. The monoisotopic (exact) mass is 431 g/mol.